The number of guanidine groups is 1. The van der Waals surface area contributed by atoms with Crippen molar-refractivity contribution in [2.45, 2.75) is 39.2 Å². The zero-order chi connectivity index (χ0) is 15.9. The second-order valence-corrected chi connectivity index (χ2v) is 7.05. The van der Waals surface area contributed by atoms with E-state index in [9.17, 15) is 0 Å². The first-order valence-electron chi connectivity index (χ1n) is 8.58. The summed E-state index contributed by atoms with van der Waals surface area (Å²) in [6.45, 7) is 5.12. The summed E-state index contributed by atoms with van der Waals surface area (Å²) in [5, 5.41) is 3.49. The maximum atomic E-state index is 4.69. The smallest absolute Gasteiger partial charge is 0.193 e. The summed E-state index contributed by atoms with van der Waals surface area (Å²) < 4.78 is 2.14. The van der Waals surface area contributed by atoms with Crippen LogP contribution in [0.4, 0.5) is 0 Å². The van der Waals surface area contributed by atoms with Crippen LogP contribution in [0.15, 0.2) is 29.4 Å². The van der Waals surface area contributed by atoms with E-state index in [0.29, 0.717) is 5.41 Å². The van der Waals surface area contributed by atoms with Crippen molar-refractivity contribution in [1.29, 1.82) is 0 Å². The van der Waals surface area contributed by atoms with Crippen molar-refractivity contribution in [3.8, 4) is 0 Å². The van der Waals surface area contributed by atoms with E-state index in [4.69, 9.17) is 0 Å². The summed E-state index contributed by atoms with van der Waals surface area (Å²) in [6.07, 6.45) is 7.63. The van der Waals surface area contributed by atoms with Crippen LogP contribution in [0.1, 0.15) is 37.1 Å². The third kappa shape index (κ3) is 2.58. The van der Waals surface area contributed by atoms with Gasteiger partial charge >= 0.3 is 0 Å². The van der Waals surface area contributed by atoms with Crippen molar-refractivity contribution < 1.29 is 0 Å². The number of pyridine rings is 1. The molecule has 0 atom stereocenters. The number of imidazole rings is 1. The second kappa shape index (κ2) is 5.55. The van der Waals surface area contributed by atoms with Crippen LogP contribution >= 0.6 is 0 Å². The normalized spacial score (nSPS) is 20.3. The first-order chi connectivity index (χ1) is 11.2. The number of nitrogens with zero attached hydrogens (tertiary/aromatic N) is 4. The molecule has 0 aromatic carbocycles. The van der Waals surface area contributed by atoms with Gasteiger partial charge in [0.25, 0.3) is 0 Å². The van der Waals surface area contributed by atoms with Crippen LogP contribution in [0.2, 0.25) is 0 Å². The molecule has 4 rings (SSSR count). The fraction of sp³-hybridized carbons (Fsp3) is 0.556. The molecule has 2 aromatic rings. The van der Waals surface area contributed by atoms with Gasteiger partial charge in [0.2, 0.25) is 0 Å². The minimum Gasteiger partial charge on any atom is -0.351 e. The average Bonchev–Trinajstić information content (AvgIpc) is 3.13. The van der Waals surface area contributed by atoms with Crippen LogP contribution in [0.25, 0.3) is 5.65 Å². The lowest BCUT2D eigenvalue weighted by Gasteiger charge is -2.38. The molecule has 0 amide bonds. The molecular formula is C18H25N5. The van der Waals surface area contributed by atoms with Crippen molar-refractivity contribution in [3.63, 3.8) is 0 Å². The summed E-state index contributed by atoms with van der Waals surface area (Å²) in [6, 6.07) is 6.20. The van der Waals surface area contributed by atoms with E-state index < -0.39 is 0 Å². The Bertz CT molecular complexity index is 741. The maximum Gasteiger partial charge on any atom is 0.193 e. The summed E-state index contributed by atoms with van der Waals surface area (Å²) in [7, 11) is 1.88. The molecule has 3 heterocycles. The molecule has 1 N–H and O–H groups in total. The highest BCUT2D eigenvalue weighted by atomic mass is 15.3. The van der Waals surface area contributed by atoms with E-state index in [1.54, 1.807) is 0 Å². The molecule has 5 heteroatoms. The Morgan fingerprint density at radius 2 is 2.22 bits per heavy atom. The van der Waals surface area contributed by atoms with Gasteiger partial charge in [-0.05, 0) is 43.7 Å². The van der Waals surface area contributed by atoms with Crippen LogP contribution < -0.4 is 5.32 Å². The number of aryl methyl sites for hydroxylation is 1. The molecule has 0 bridgehead atoms. The van der Waals surface area contributed by atoms with Gasteiger partial charge in [0.05, 0.1) is 12.2 Å². The minimum atomic E-state index is 0.595. The van der Waals surface area contributed by atoms with E-state index in [2.05, 4.69) is 49.8 Å². The van der Waals surface area contributed by atoms with E-state index in [1.165, 1.54) is 31.4 Å². The summed E-state index contributed by atoms with van der Waals surface area (Å²) >= 11 is 0. The van der Waals surface area contributed by atoms with Crippen LogP contribution in [-0.2, 0) is 6.54 Å². The quantitative estimate of drug-likeness (QED) is 0.685. The Morgan fingerprint density at radius 3 is 2.87 bits per heavy atom. The molecule has 0 unspecified atom stereocenters. The lowest BCUT2D eigenvalue weighted by Crippen LogP contribution is -2.42. The van der Waals surface area contributed by atoms with Crippen molar-refractivity contribution in [2.24, 2.45) is 10.4 Å². The molecule has 1 spiro atoms. The fourth-order valence-electron chi connectivity index (χ4n) is 3.99. The number of fused-ring (bicyclic) bond motifs is 1. The van der Waals surface area contributed by atoms with E-state index >= 15 is 0 Å². The SMILES string of the molecule is CN=C(NCc1cn2c(C)cccc2n1)N1CCC2(CCC2)C1. The van der Waals surface area contributed by atoms with Gasteiger partial charge in [-0.25, -0.2) is 4.98 Å². The highest BCUT2D eigenvalue weighted by Gasteiger charge is 2.43. The highest BCUT2D eigenvalue weighted by Crippen LogP contribution is 2.47. The maximum absolute atomic E-state index is 4.69. The molecule has 2 fully saturated rings. The van der Waals surface area contributed by atoms with Crippen molar-refractivity contribution >= 4 is 11.6 Å². The van der Waals surface area contributed by atoms with Gasteiger partial charge < -0.3 is 14.6 Å². The number of aromatic nitrogens is 2. The molecule has 23 heavy (non-hydrogen) atoms. The first-order valence-corrected chi connectivity index (χ1v) is 8.58. The van der Waals surface area contributed by atoms with Gasteiger partial charge in [0, 0.05) is 32.0 Å². The number of nitrogens with one attached hydrogen (secondary N) is 1. The van der Waals surface area contributed by atoms with Crippen LogP contribution in [0.5, 0.6) is 0 Å². The third-order valence-corrected chi connectivity index (χ3v) is 5.54. The van der Waals surface area contributed by atoms with Gasteiger partial charge in [-0.2, -0.15) is 0 Å². The summed E-state index contributed by atoms with van der Waals surface area (Å²) in [5.41, 5.74) is 3.86. The second-order valence-electron chi connectivity index (χ2n) is 7.05. The molecule has 1 aliphatic carbocycles. The van der Waals surface area contributed by atoms with E-state index in [0.717, 1.165) is 36.9 Å². The minimum absolute atomic E-state index is 0.595. The predicted molar refractivity (Wildman–Crippen MR) is 92.6 cm³/mol. The van der Waals surface area contributed by atoms with Gasteiger partial charge in [0.15, 0.2) is 5.96 Å². The number of likely N-dealkylation sites (tertiary alicyclic amines) is 1. The van der Waals surface area contributed by atoms with Crippen molar-refractivity contribution in [2.75, 3.05) is 20.1 Å². The molecule has 2 aliphatic rings. The van der Waals surface area contributed by atoms with Crippen LogP contribution in [0, 0.1) is 12.3 Å². The third-order valence-electron chi connectivity index (χ3n) is 5.54. The lowest BCUT2D eigenvalue weighted by atomic mass is 9.68. The highest BCUT2D eigenvalue weighted by molar-refractivity contribution is 5.80. The van der Waals surface area contributed by atoms with Crippen LogP contribution in [-0.4, -0.2) is 40.4 Å². The number of aliphatic imine (C=N–C) groups is 1. The number of hydrogen-bond donors (Lipinski definition) is 1. The Balaban J connectivity index is 1.43. The Labute approximate surface area is 137 Å². The van der Waals surface area contributed by atoms with Gasteiger partial charge in [-0.3, -0.25) is 4.99 Å². The first kappa shape index (κ1) is 14.5. The topological polar surface area (TPSA) is 44.9 Å². The lowest BCUT2D eigenvalue weighted by molar-refractivity contribution is 0.151. The summed E-state index contributed by atoms with van der Waals surface area (Å²) in [4.78, 5) is 11.6. The Morgan fingerprint density at radius 1 is 1.35 bits per heavy atom. The fourth-order valence-corrected chi connectivity index (χ4v) is 3.99. The predicted octanol–water partition coefficient (Wildman–Crippen LogP) is 2.59. The van der Waals surface area contributed by atoms with Crippen molar-refractivity contribution in [1.82, 2.24) is 19.6 Å². The molecule has 2 aromatic heterocycles. The molecule has 1 aliphatic heterocycles. The molecule has 122 valence electrons. The summed E-state index contributed by atoms with van der Waals surface area (Å²) in [5.74, 6) is 1.02. The van der Waals surface area contributed by atoms with Gasteiger partial charge in [-0.15, -0.1) is 0 Å². The standard InChI is InChI=1S/C18H25N5/c1-14-5-3-6-16-21-15(12-23(14)16)11-20-17(19-2)22-10-9-18(13-22)7-4-8-18/h3,5-6,12H,4,7-11,13H2,1-2H3,(H,19,20). The van der Waals surface area contributed by atoms with Crippen LogP contribution in [0.3, 0.4) is 0 Å². The van der Waals surface area contributed by atoms with E-state index in [-0.39, 0.29) is 0 Å². The Kier molecular flexibility index (Phi) is 3.51. The zero-order valence-corrected chi connectivity index (χ0v) is 14.0. The largest absolute Gasteiger partial charge is 0.351 e. The van der Waals surface area contributed by atoms with E-state index in [1.807, 2.05) is 13.1 Å². The molecule has 1 saturated heterocycles. The molecule has 1 saturated carbocycles. The zero-order valence-electron chi connectivity index (χ0n) is 14.0. The van der Waals surface area contributed by atoms with Crippen molar-refractivity contribution in [3.05, 3.63) is 35.8 Å². The molecular weight excluding hydrogens is 286 g/mol. The monoisotopic (exact) mass is 311 g/mol. The van der Waals surface area contributed by atoms with Gasteiger partial charge in [-0.1, -0.05) is 12.5 Å². The molecule has 5 nitrogen and oxygen atoms in total. The molecule has 0 radical (unpaired) electrons. The number of hydrogen-bond acceptors (Lipinski definition) is 2. The number of rotatable bonds is 2. The average molecular weight is 311 g/mol. The van der Waals surface area contributed by atoms with Gasteiger partial charge in [0.1, 0.15) is 5.65 Å². The Hall–Kier alpha value is -2.04.